The minimum absolute atomic E-state index is 0.108. The minimum Gasteiger partial charge on any atom is -0.443 e. The van der Waals surface area contributed by atoms with Crippen LogP contribution in [0.15, 0.2) is 0 Å². The van der Waals surface area contributed by atoms with E-state index in [1.165, 1.54) is 14.2 Å². The number of imide groups is 1. The Hall–Kier alpha value is -1.83. The molecule has 0 saturated heterocycles. The molecular formula is C15H28N2O6. The average Bonchev–Trinajstić information content (AvgIpc) is 2.33. The number of carbonyl (C=O) groups excluding carboxylic acids is 3. The van der Waals surface area contributed by atoms with Crippen LogP contribution < -0.4 is 0 Å². The molecule has 0 saturated carbocycles. The topological polar surface area (TPSA) is 85.4 Å². The first-order chi connectivity index (χ1) is 10.3. The van der Waals surface area contributed by atoms with Crippen LogP contribution in [0.4, 0.5) is 9.59 Å². The van der Waals surface area contributed by atoms with Crippen molar-refractivity contribution >= 4 is 18.1 Å². The Kier molecular flexibility index (Phi) is 7.50. The zero-order valence-corrected chi connectivity index (χ0v) is 15.3. The SMILES string of the molecule is CON(C)C(=O)CCN(C(=O)OC(C)(C)C)C(=O)OC(C)(C)C. The van der Waals surface area contributed by atoms with E-state index in [-0.39, 0.29) is 18.9 Å². The van der Waals surface area contributed by atoms with Crippen LogP contribution in [0.1, 0.15) is 48.0 Å². The first kappa shape index (κ1) is 21.2. The summed E-state index contributed by atoms with van der Waals surface area (Å²) >= 11 is 0. The predicted octanol–water partition coefficient (Wildman–Crippen LogP) is 2.57. The molecule has 134 valence electrons. The molecular weight excluding hydrogens is 304 g/mol. The molecule has 0 aromatic heterocycles. The fourth-order valence-corrected chi connectivity index (χ4v) is 1.36. The number of ether oxygens (including phenoxy) is 2. The molecule has 0 heterocycles. The molecule has 8 nitrogen and oxygen atoms in total. The van der Waals surface area contributed by atoms with Gasteiger partial charge in [-0.1, -0.05) is 0 Å². The van der Waals surface area contributed by atoms with Crippen LogP contribution >= 0.6 is 0 Å². The van der Waals surface area contributed by atoms with Gasteiger partial charge in [-0.2, -0.15) is 0 Å². The summed E-state index contributed by atoms with van der Waals surface area (Å²) in [5, 5.41) is 1.02. The normalized spacial score (nSPS) is 11.7. The van der Waals surface area contributed by atoms with E-state index in [1.807, 2.05) is 0 Å². The van der Waals surface area contributed by atoms with E-state index < -0.39 is 23.4 Å². The zero-order valence-electron chi connectivity index (χ0n) is 15.3. The fraction of sp³-hybridized carbons (Fsp3) is 0.800. The van der Waals surface area contributed by atoms with Crippen LogP contribution in [0, 0.1) is 0 Å². The van der Waals surface area contributed by atoms with E-state index >= 15 is 0 Å². The van der Waals surface area contributed by atoms with Gasteiger partial charge in [-0.15, -0.1) is 0 Å². The second-order valence-electron chi connectivity index (χ2n) is 6.94. The molecule has 0 aromatic carbocycles. The summed E-state index contributed by atoms with van der Waals surface area (Å²) in [6.07, 6.45) is -1.83. The van der Waals surface area contributed by atoms with Crippen molar-refractivity contribution in [2.24, 2.45) is 0 Å². The highest BCUT2D eigenvalue weighted by Crippen LogP contribution is 2.15. The molecule has 0 fully saturated rings. The summed E-state index contributed by atoms with van der Waals surface area (Å²) in [5.74, 6) is -0.385. The Morgan fingerprint density at radius 2 is 1.26 bits per heavy atom. The number of rotatable bonds is 4. The lowest BCUT2D eigenvalue weighted by atomic mass is 10.2. The van der Waals surface area contributed by atoms with Crippen LogP contribution in [0.5, 0.6) is 0 Å². The van der Waals surface area contributed by atoms with Crippen LogP contribution in [0.25, 0.3) is 0 Å². The van der Waals surface area contributed by atoms with Gasteiger partial charge in [0.05, 0.1) is 7.11 Å². The number of carbonyl (C=O) groups is 3. The molecule has 23 heavy (non-hydrogen) atoms. The van der Waals surface area contributed by atoms with Gasteiger partial charge in [-0.05, 0) is 41.5 Å². The molecule has 0 aliphatic rings. The maximum atomic E-state index is 12.2. The van der Waals surface area contributed by atoms with Gasteiger partial charge in [0.1, 0.15) is 11.2 Å². The summed E-state index contributed by atoms with van der Waals surface area (Å²) in [4.78, 5) is 41.7. The number of hydrogen-bond acceptors (Lipinski definition) is 6. The largest absolute Gasteiger partial charge is 0.443 e. The average molecular weight is 332 g/mol. The van der Waals surface area contributed by atoms with Gasteiger partial charge in [0, 0.05) is 20.0 Å². The van der Waals surface area contributed by atoms with Crippen molar-refractivity contribution in [3.8, 4) is 0 Å². The number of hydrogen-bond donors (Lipinski definition) is 0. The first-order valence-corrected chi connectivity index (χ1v) is 7.31. The highest BCUT2D eigenvalue weighted by atomic mass is 16.7. The van der Waals surface area contributed by atoms with Gasteiger partial charge in [0.15, 0.2) is 0 Å². The third kappa shape index (κ3) is 9.02. The van der Waals surface area contributed by atoms with Gasteiger partial charge < -0.3 is 9.47 Å². The van der Waals surface area contributed by atoms with Gasteiger partial charge in [-0.25, -0.2) is 19.6 Å². The Morgan fingerprint density at radius 3 is 1.57 bits per heavy atom. The quantitative estimate of drug-likeness (QED) is 0.736. The highest BCUT2D eigenvalue weighted by Gasteiger charge is 2.31. The standard InChI is InChI=1S/C15H28N2O6/c1-14(2,3)22-12(19)17(13(20)23-15(4,5)6)10-9-11(18)16(7)21-8/h9-10H2,1-8H3. The van der Waals surface area contributed by atoms with E-state index in [2.05, 4.69) is 0 Å². The molecule has 0 unspecified atom stereocenters. The maximum Gasteiger partial charge on any atom is 0.419 e. The lowest BCUT2D eigenvalue weighted by molar-refractivity contribution is -0.168. The van der Waals surface area contributed by atoms with Crippen molar-refractivity contribution in [2.75, 3.05) is 20.7 Å². The van der Waals surface area contributed by atoms with Crippen molar-refractivity contribution in [2.45, 2.75) is 59.2 Å². The van der Waals surface area contributed by atoms with E-state index in [0.717, 1.165) is 9.96 Å². The Labute approximate surface area is 137 Å². The lowest BCUT2D eigenvalue weighted by Gasteiger charge is -2.28. The fourth-order valence-electron chi connectivity index (χ4n) is 1.36. The summed E-state index contributed by atoms with van der Waals surface area (Å²) in [5.41, 5.74) is -1.55. The summed E-state index contributed by atoms with van der Waals surface area (Å²) in [7, 11) is 2.78. The van der Waals surface area contributed by atoms with Gasteiger partial charge in [0.2, 0.25) is 5.91 Å². The molecule has 0 bridgehead atoms. The van der Waals surface area contributed by atoms with Crippen LogP contribution in [-0.4, -0.2) is 60.0 Å². The maximum absolute atomic E-state index is 12.2. The number of hydroxylamine groups is 2. The monoisotopic (exact) mass is 332 g/mol. The summed E-state index contributed by atoms with van der Waals surface area (Å²) in [6.45, 7) is 9.93. The van der Waals surface area contributed by atoms with Crippen LogP contribution in [-0.2, 0) is 19.1 Å². The van der Waals surface area contributed by atoms with Gasteiger partial charge in [0.25, 0.3) is 0 Å². The van der Waals surface area contributed by atoms with E-state index in [9.17, 15) is 14.4 Å². The molecule has 0 spiro atoms. The van der Waals surface area contributed by atoms with Crippen molar-refractivity contribution < 1.29 is 28.7 Å². The Balaban J connectivity index is 5.04. The van der Waals surface area contributed by atoms with Gasteiger partial charge >= 0.3 is 12.2 Å². The molecule has 0 N–H and O–H groups in total. The van der Waals surface area contributed by atoms with Crippen molar-refractivity contribution in [3.63, 3.8) is 0 Å². The Bertz CT molecular complexity index is 408. The number of amides is 3. The Morgan fingerprint density at radius 1 is 0.870 bits per heavy atom. The lowest BCUT2D eigenvalue weighted by Crippen LogP contribution is -2.45. The second-order valence-corrected chi connectivity index (χ2v) is 6.94. The van der Waals surface area contributed by atoms with Crippen molar-refractivity contribution in [1.29, 1.82) is 0 Å². The van der Waals surface area contributed by atoms with Crippen LogP contribution in [0.2, 0.25) is 0 Å². The second kappa shape index (κ2) is 8.14. The van der Waals surface area contributed by atoms with E-state index in [4.69, 9.17) is 14.3 Å². The molecule has 0 aliphatic heterocycles. The van der Waals surface area contributed by atoms with E-state index in [1.54, 1.807) is 41.5 Å². The van der Waals surface area contributed by atoms with Crippen molar-refractivity contribution in [3.05, 3.63) is 0 Å². The first-order valence-electron chi connectivity index (χ1n) is 7.31. The highest BCUT2D eigenvalue weighted by molar-refractivity contribution is 5.88. The summed E-state index contributed by atoms with van der Waals surface area (Å²) in [6, 6.07) is 0. The minimum atomic E-state index is -0.861. The van der Waals surface area contributed by atoms with E-state index in [0.29, 0.717) is 0 Å². The van der Waals surface area contributed by atoms with Crippen LogP contribution in [0.3, 0.4) is 0 Å². The molecule has 3 amide bonds. The number of nitrogens with zero attached hydrogens (tertiary/aromatic N) is 2. The molecule has 0 aromatic rings. The molecule has 0 rings (SSSR count). The third-order valence-corrected chi connectivity index (χ3v) is 2.40. The zero-order chi connectivity index (χ0) is 18.4. The molecule has 0 atom stereocenters. The van der Waals surface area contributed by atoms with Gasteiger partial charge in [-0.3, -0.25) is 9.63 Å². The third-order valence-electron chi connectivity index (χ3n) is 2.40. The molecule has 8 heteroatoms. The predicted molar refractivity (Wildman–Crippen MR) is 83.6 cm³/mol. The van der Waals surface area contributed by atoms with Crippen molar-refractivity contribution in [1.82, 2.24) is 9.96 Å². The molecule has 0 radical (unpaired) electrons. The summed E-state index contributed by atoms with van der Waals surface area (Å²) < 4.78 is 10.4. The molecule has 0 aliphatic carbocycles. The smallest absolute Gasteiger partial charge is 0.419 e.